The summed E-state index contributed by atoms with van der Waals surface area (Å²) in [4.78, 5) is 0. The summed E-state index contributed by atoms with van der Waals surface area (Å²) < 4.78 is 22.1. The Bertz CT molecular complexity index is 908. The lowest BCUT2D eigenvalue weighted by atomic mass is 10.2. The Labute approximate surface area is 149 Å². The summed E-state index contributed by atoms with van der Waals surface area (Å²) in [5, 5.41) is 19.0. The first kappa shape index (κ1) is 16.2. The third kappa shape index (κ3) is 3.14. The van der Waals surface area contributed by atoms with Gasteiger partial charge < -0.3 is 29.2 Å². The monoisotopic (exact) mass is 355 g/mol. The fraction of sp³-hybridized carbons (Fsp3) is 0.222. The van der Waals surface area contributed by atoms with E-state index in [0.29, 0.717) is 18.8 Å². The molecule has 0 unspecified atom stereocenters. The Balaban J connectivity index is 1.45. The topological polar surface area (TPSA) is 92.7 Å². The lowest BCUT2D eigenvalue weighted by Gasteiger charge is -2.05. The van der Waals surface area contributed by atoms with Gasteiger partial charge in [0.25, 0.3) is 5.69 Å². The van der Waals surface area contributed by atoms with E-state index in [1.165, 1.54) is 4.68 Å². The van der Waals surface area contributed by atoms with Gasteiger partial charge in [0.1, 0.15) is 5.75 Å². The molecule has 0 saturated carbocycles. The highest BCUT2D eigenvalue weighted by Crippen LogP contribution is 2.32. The van der Waals surface area contributed by atoms with Gasteiger partial charge >= 0.3 is 0 Å². The van der Waals surface area contributed by atoms with Crippen molar-refractivity contribution in [3.63, 3.8) is 0 Å². The number of nitrogens with zero attached hydrogens (tertiary/aromatic N) is 2. The molecule has 0 fully saturated rings. The number of fused-ring (bicyclic) bond motifs is 1. The van der Waals surface area contributed by atoms with Crippen LogP contribution in [0.15, 0.2) is 47.0 Å². The van der Waals surface area contributed by atoms with Gasteiger partial charge in [0.05, 0.1) is 18.9 Å². The molecule has 0 atom stereocenters. The molecule has 4 rings (SSSR count). The molecule has 8 heteroatoms. The Morgan fingerprint density at radius 1 is 1.12 bits per heavy atom. The van der Waals surface area contributed by atoms with Crippen LogP contribution in [0.2, 0.25) is 0 Å². The lowest BCUT2D eigenvalue weighted by molar-refractivity contribution is -0.677. The second-order valence-corrected chi connectivity index (χ2v) is 5.71. The molecule has 0 saturated heterocycles. The molecule has 1 N–H and O–H groups in total. The van der Waals surface area contributed by atoms with Crippen molar-refractivity contribution >= 4 is 0 Å². The number of aromatic nitrogens is 2. The van der Waals surface area contributed by atoms with Crippen molar-refractivity contribution in [3.05, 3.63) is 53.7 Å². The van der Waals surface area contributed by atoms with E-state index >= 15 is 0 Å². The molecule has 26 heavy (non-hydrogen) atoms. The maximum atomic E-state index is 12.0. The second-order valence-electron chi connectivity index (χ2n) is 5.71. The summed E-state index contributed by atoms with van der Waals surface area (Å²) in [5.41, 5.74) is 2.15. The van der Waals surface area contributed by atoms with Crippen LogP contribution in [0.5, 0.6) is 23.2 Å². The molecule has 1 aliphatic rings. The van der Waals surface area contributed by atoms with Crippen molar-refractivity contribution < 1.29 is 28.5 Å². The molecule has 2 aromatic carbocycles. The minimum absolute atomic E-state index is 0.244. The third-order valence-electron chi connectivity index (χ3n) is 4.07. The summed E-state index contributed by atoms with van der Waals surface area (Å²) >= 11 is 0. The van der Waals surface area contributed by atoms with Gasteiger partial charge in [-0.3, -0.25) is 0 Å². The third-order valence-corrected chi connectivity index (χ3v) is 4.07. The van der Waals surface area contributed by atoms with Crippen LogP contribution in [-0.2, 0) is 13.1 Å². The number of rotatable bonds is 6. The Morgan fingerprint density at radius 2 is 1.92 bits per heavy atom. The van der Waals surface area contributed by atoms with Crippen molar-refractivity contribution in [1.82, 2.24) is 10.6 Å². The van der Waals surface area contributed by atoms with Crippen molar-refractivity contribution in [3.8, 4) is 28.9 Å². The first-order valence-electron chi connectivity index (χ1n) is 8.06. The largest absolute Gasteiger partial charge is 0.539 e. The number of hydrogen-bond acceptors (Lipinski definition) is 7. The zero-order chi connectivity index (χ0) is 17.9. The average molecular weight is 355 g/mol. The van der Waals surface area contributed by atoms with Crippen LogP contribution in [0.1, 0.15) is 11.3 Å². The van der Waals surface area contributed by atoms with Crippen LogP contribution in [0.4, 0.5) is 0 Å². The smallest absolute Gasteiger partial charge is 0.253 e. The number of benzene rings is 2. The van der Waals surface area contributed by atoms with Gasteiger partial charge in [0.15, 0.2) is 17.4 Å². The van der Waals surface area contributed by atoms with Gasteiger partial charge in [-0.1, -0.05) is 6.07 Å². The second kappa shape index (κ2) is 6.93. The molecule has 0 aliphatic carbocycles. The highest BCUT2D eigenvalue weighted by Gasteiger charge is 2.20. The van der Waals surface area contributed by atoms with Crippen molar-refractivity contribution in [2.24, 2.45) is 0 Å². The minimum atomic E-state index is -0.473. The van der Waals surface area contributed by atoms with Crippen LogP contribution in [0.3, 0.4) is 0 Å². The molecule has 8 nitrogen and oxygen atoms in total. The van der Waals surface area contributed by atoms with Crippen molar-refractivity contribution in [2.45, 2.75) is 13.1 Å². The number of nitrogens with one attached hydrogen (secondary N) is 1. The molecule has 0 spiro atoms. The van der Waals surface area contributed by atoms with Crippen LogP contribution in [0, 0.1) is 0 Å². The minimum Gasteiger partial charge on any atom is -0.539 e. The van der Waals surface area contributed by atoms with E-state index in [2.05, 4.69) is 10.6 Å². The Hall–Kier alpha value is -3.26. The first-order valence-corrected chi connectivity index (χ1v) is 8.06. The van der Waals surface area contributed by atoms with Crippen molar-refractivity contribution in [1.29, 1.82) is 0 Å². The average Bonchev–Trinajstić information content (AvgIpc) is 3.28. The molecule has 2 heterocycles. The van der Waals surface area contributed by atoms with Crippen LogP contribution in [-0.4, -0.2) is 19.2 Å². The molecule has 3 aromatic rings. The number of methoxy groups -OCH3 is 1. The first-order chi connectivity index (χ1) is 12.7. The normalized spacial score (nSPS) is 12.3. The van der Waals surface area contributed by atoms with E-state index in [1.54, 1.807) is 19.2 Å². The molecule has 0 amide bonds. The zero-order valence-corrected chi connectivity index (χ0v) is 14.1. The lowest BCUT2D eigenvalue weighted by Crippen LogP contribution is -2.38. The van der Waals surface area contributed by atoms with E-state index in [9.17, 15) is 5.11 Å². The maximum Gasteiger partial charge on any atom is 0.253 e. The summed E-state index contributed by atoms with van der Waals surface area (Å²) in [7, 11) is 1.60. The van der Waals surface area contributed by atoms with Gasteiger partial charge in [-0.05, 0) is 34.5 Å². The maximum absolute atomic E-state index is 12.0. The van der Waals surface area contributed by atoms with Gasteiger partial charge in [-0.25, -0.2) is 0 Å². The van der Waals surface area contributed by atoms with E-state index in [-0.39, 0.29) is 6.79 Å². The molecule has 1 aliphatic heterocycles. The van der Waals surface area contributed by atoms with Crippen molar-refractivity contribution in [2.75, 3.05) is 13.9 Å². The highest BCUT2D eigenvalue weighted by molar-refractivity contribution is 5.44. The fourth-order valence-corrected chi connectivity index (χ4v) is 2.72. The predicted molar refractivity (Wildman–Crippen MR) is 87.1 cm³/mol. The van der Waals surface area contributed by atoms with E-state index in [0.717, 1.165) is 28.5 Å². The highest BCUT2D eigenvalue weighted by atomic mass is 16.7. The van der Waals surface area contributed by atoms with E-state index in [1.807, 2.05) is 30.3 Å². The number of hydrogen-bond donors (Lipinski definition) is 1. The summed E-state index contributed by atoms with van der Waals surface area (Å²) in [6.07, 6.45) is 0. The van der Waals surface area contributed by atoms with Gasteiger partial charge in [-0.15, -0.1) is 0 Å². The van der Waals surface area contributed by atoms with Gasteiger partial charge in [0, 0.05) is 18.7 Å². The molecular formula is C18H17N3O5. The molecule has 0 radical (unpaired) electrons. The van der Waals surface area contributed by atoms with E-state index < -0.39 is 5.95 Å². The Kier molecular flexibility index (Phi) is 4.32. The summed E-state index contributed by atoms with van der Waals surface area (Å²) in [6.45, 7) is 1.11. The predicted octanol–water partition coefficient (Wildman–Crippen LogP) is 1.05. The van der Waals surface area contributed by atoms with Crippen LogP contribution in [0.25, 0.3) is 5.69 Å². The summed E-state index contributed by atoms with van der Waals surface area (Å²) in [6, 6.07) is 12.9. The van der Waals surface area contributed by atoms with Crippen LogP contribution >= 0.6 is 0 Å². The zero-order valence-electron chi connectivity index (χ0n) is 14.1. The number of ether oxygens (including phenoxy) is 3. The Morgan fingerprint density at radius 3 is 2.73 bits per heavy atom. The molecule has 1 aromatic heterocycles. The quantitative estimate of drug-likeness (QED) is 0.661. The van der Waals surface area contributed by atoms with Crippen LogP contribution < -0.4 is 29.3 Å². The standard InChI is InChI=1S/C18H17N3O5/c1-23-14-5-3-13(4-6-14)21-15(18(22)26-20-21)10-19-9-12-2-7-16-17(8-12)25-11-24-16/h2-8,19H,9-11H2,1H3. The van der Waals surface area contributed by atoms with E-state index in [4.69, 9.17) is 18.7 Å². The van der Waals surface area contributed by atoms with Gasteiger partial charge in [-0.2, -0.15) is 0 Å². The molecular weight excluding hydrogens is 338 g/mol. The molecule has 0 bridgehead atoms. The van der Waals surface area contributed by atoms with Gasteiger partial charge in [0.2, 0.25) is 12.5 Å². The molecule has 134 valence electrons. The fourth-order valence-electron chi connectivity index (χ4n) is 2.72. The summed E-state index contributed by atoms with van der Waals surface area (Å²) in [5.74, 6) is 1.72. The SMILES string of the molecule is COc1ccc(-[n+]2noc([O-])c2CNCc2ccc3c(c2)OCO3)cc1.